The van der Waals surface area contributed by atoms with Gasteiger partial charge in [-0.3, -0.25) is 0 Å². The average Bonchev–Trinajstić information content (AvgIpc) is 2.24. The van der Waals surface area contributed by atoms with Crippen LogP contribution < -0.4 is 0 Å². The van der Waals surface area contributed by atoms with Gasteiger partial charge in [0.25, 0.3) is 0 Å². The molecule has 0 atom stereocenters. The number of hydrogen-bond donors (Lipinski definition) is 0. The Morgan fingerprint density at radius 2 is 2.25 bits per heavy atom. The zero-order valence-electron chi connectivity index (χ0n) is 4.82. The van der Waals surface area contributed by atoms with Gasteiger partial charge in [0, 0.05) is 0 Å². The molecule has 1 rings (SSSR count). The Hall–Kier alpha value is 0.924. The summed E-state index contributed by atoms with van der Waals surface area (Å²) in [5.74, 6) is 0. The molecular formula is C6H8ITi. The van der Waals surface area contributed by atoms with E-state index in [4.69, 9.17) is 0 Å². The second kappa shape index (κ2) is 6.05. The van der Waals surface area contributed by atoms with Crippen molar-refractivity contribution in [3.63, 3.8) is 0 Å². The first-order chi connectivity index (χ1) is 3.89. The molecule has 0 fully saturated rings. The van der Waals surface area contributed by atoms with Crippen LogP contribution in [0.4, 0.5) is 0 Å². The first-order valence-electron chi connectivity index (χ1n) is 2.35. The molecular weight excluding hydrogens is 247 g/mol. The maximum atomic E-state index is 2.16. The molecule has 0 bridgehead atoms. The number of hydrogen-bond acceptors (Lipinski definition) is 0. The van der Waals surface area contributed by atoms with Crippen LogP contribution in [0, 0.1) is 0 Å². The summed E-state index contributed by atoms with van der Waals surface area (Å²) < 4.78 is 1.47. The Bertz CT molecular complexity index is 105. The second-order valence-electron chi connectivity index (χ2n) is 1.32. The monoisotopic (exact) mass is 255 g/mol. The van der Waals surface area contributed by atoms with Crippen LogP contribution in [0.3, 0.4) is 0 Å². The van der Waals surface area contributed by atoms with E-state index in [2.05, 4.69) is 61.3 Å². The molecule has 0 saturated heterocycles. The molecule has 1 aliphatic rings. The van der Waals surface area contributed by atoms with E-state index in [1.807, 2.05) is 4.93 Å². The van der Waals surface area contributed by atoms with Crippen molar-refractivity contribution in [1.29, 1.82) is 0 Å². The van der Waals surface area contributed by atoms with Crippen molar-refractivity contribution in [1.82, 2.24) is 0 Å². The first kappa shape index (κ1) is 8.92. The molecule has 8 heavy (non-hydrogen) atoms. The molecule has 0 aromatic carbocycles. The van der Waals surface area contributed by atoms with Crippen molar-refractivity contribution in [2.45, 2.75) is 6.42 Å². The Morgan fingerprint density at radius 1 is 1.62 bits per heavy atom. The van der Waals surface area contributed by atoms with Gasteiger partial charge in [-0.05, 0) is 4.93 Å². The molecule has 0 heterocycles. The van der Waals surface area contributed by atoms with Gasteiger partial charge >= 0.3 is 49.0 Å². The Morgan fingerprint density at radius 3 is 2.38 bits per heavy atom. The summed E-state index contributed by atoms with van der Waals surface area (Å²) in [4.78, 5) is 1.97. The van der Waals surface area contributed by atoms with Gasteiger partial charge in [-0.1, -0.05) is 22.6 Å². The van der Waals surface area contributed by atoms with Crippen LogP contribution in [-0.2, 0) is 20.4 Å². The van der Waals surface area contributed by atoms with E-state index in [0.717, 1.165) is 0 Å². The molecule has 0 aromatic rings. The fourth-order valence-electron chi connectivity index (χ4n) is 0.447. The van der Waals surface area contributed by atoms with Gasteiger partial charge in [-0.2, -0.15) is 0 Å². The standard InChI is InChI=1S/C5H5.CH3I.Ti/c1-2-4-5-3-1;1-2;/h1-3H,4H2;1H3;. The summed E-state index contributed by atoms with van der Waals surface area (Å²) in [5.41, 5.74) is 0. The molecule has 2 heteroatoms. The molecule has 0 spiro atoms. The van der Waals surface area contributed by atoms with Crippen LogP contribution >= 0.6 is 22.6 Å². The number of rotatable bonds is 0. The normalized spacial score (nSPS) is 14.4. The molecule has 0 aromatic heterocycles. The van der Waals surface area contributed by atoms with Crippen molar-refractivity contribution in [2.75, 3.05) is 4.93 Å². The number of alkyl halides is 1. The van der Waals surface area contributed by atoms with Crippen molar-refractivity contribution >= 4 is 22.6 Å². The summed E-state index contributed by atoms with van der Waals surface area (Å²) in [6, 6.07) is 0. The van der Waals surface area contributed by atoms with E-state index >= 15 is 0 Å². The van der Waals surface area contributed by atoms with Gasteiger partial charge in [0.15, 0.2) is 0 Å². The van der Waals surface area contributed by atoms with Crippen molar-refractivity contribution < 1.29 is 20.4 Å². The topological polar surface area (TPSA) is 0 Å². The van der Waals surface area contributed by atoms with Crippen LogP contribution in [0.25, 0.3) is 0 Å². The molecule has 0 amide bonds. The van der Waals surface area contributed by atoms with Crippen molar-refractivity contribution in [2.24, 2.45) is 0 Å². The van der Waals surface area contributed by atoms with E-state index < -0.39 is 0 Å². The Labute approximate surface area is 76.0 Å². The Balaban J connectivity index is 0.000000222. The number of allylic oxidation sites excluding steroid dienone is 4. The zero-order chi connectivity index (χ0) is 6.41. The van der Waals surface area contributed by atoms with Crippen LogP contribution in [-0.4, -0.2) is 4.93 Å². The van der Waals surface area contributed by atoms with E-state index in [-0.39, 0.29) is 0 Å². The Kier molecular flexibility index (Phi) is 6.75. The fourth-order valence-corrected chi connectivity index (χ4v) is 0.782. The molecule has 0 N–H and O–H groups in total. The molecule has 0 nitrogen and oxygen atoms in total. The number of halogens is 1. The summed E-state index contributed by atoms with van der Waals surface area (Å²) in [6.45, 7) is 0. The zero-order valence-corrected chi connectivity index (χ0v) is 8.54. The van der Waals surface area contributed by atoms with Gasteiger partial charge in [0.05, 0.1) is 0 Å². The second-order valence-corrected chi connectivity index (χ2v) is 2.33. The molecule has 0 aliphatic heterocycles. The SMILES string of the molecule is CI.[Ti][C]1=CC=CC1. The predicted molar refractivity (Wildman–Crippen MR) is 41.8 cm³/mol. The van der Waals surface area contributed by atoms with Crippen molar-refractivity contribution in [3.8, 4) is 0 Å². The minimum absolute atomic E-state index is 1.17. The van der Waals surface area contributed by atoms with E-state index in [0.29, 0.717) is 0 Å². The molecule has 0 unspecified atom stereocenters. The van der Waals surface area contributed by atoms with Gasteiger partial charge in [-0.15, -0.1) is 0 Å². The molecule has 43 valence electrons. The van der Waals surface area contributed by atoms with Crippen LogP contribution in [0.5, 0.6) is 0 Å². The third-order valence-corrected chi connectivity index (χ3v) is 1.35. The molecule has 1 aliphatic carbocycles. The third kappa shape index (κ3) is 3.87. The fraction of sp³-hybridized carbons (Fsp3) is 0.333. The molecule has 0 saturated carbocycles. The van der Waals surface area contributed by atoms with Gasteiger partial charge in [0.1, 0.15) is 0 Å². The summed E-state index contributed by atoms with van der Waals surface area (Å²) in [5, 5.41) is 0. The summed E-state index contributed by atoms with van der Waals surface area (Å²) in [7, 11) is 0. The van der Waals surface area contributed by atoms with Crippen molar-refractivity contribution in [3.05, 3.63) is 22.1 Å². The average molecular weight is 255 g/mol. The molecule has 0 radical (unpaired) electrons. The van der Waals surface area contributed by atoms with Crippen LogP contribution in [0.1, 0.15) is 6.42 Å². The summed E-state index contributed by atoms with van der Waals surface area (Å²) >= 11 is 4.29. The quantitative estimate of drug-likeness (QED) is 0.354. The van der Waals surface area contributed by atoms with Gasteiger partial charge < -0.3 is 0 Å². The van der Waals surface area contributed by atoms with Gasteiger partial charge in [0.2, 0.25) is 0 Å². The first-order valence-corrected chi connectivity index (χ1v) is 5.28. The third-order valence-electron chi connectivity index (χ3n) is 0.771. The maximum absolute atomic E-state index is 2.16. The summed E-state index contributed by atoms with van der Waals surface area (Å²) in [6.07, 6.45) is 7.56. The predicted octanol–water partition coefficient (Wildman–Crippen LogP) is 2.43. The van der Waals surface area contributed by atoms with Gasteiger partial charge in [-0.25, -0.2) is 0 Å². The van der Waals surface area contributed by atoms with Crippen LogP contribution in [0.2, 0.25) is 0 Å². The minimum atomic E-state index is 1.17. The van der Waals surface area contributed by atoms with Crippen LogP contribution in [0.15, 0.2) is 22.1 Å². The van der Waals surface area contributed by atoms with E-state index in [9.17, 15) is 0 Å². The van der Waals surface area contributed by atoms with E-state index in [1.54, 1.807) is 0 Å². The van der Waals surface area contributed by atoms with E-state index in [1.165, 1.54) is 10.3 Å².